The Kier molecular flexibility index (Phi) is 8.19. The van der Waals surface area contributed by atoms with Gasteiger partial charge in [-0.3, -0.25) is 14.9 Å². The Labute approximate surface area is 198 Å². The summed E-state index contributed by atoms with van der Waals surface area (Å²) in [5, 5.41) is 17.3. The molecule has 0 saturated carbocycles. The van der Waals surface area contributed by atoms with Crippen LogP contribution in [0, 0.1) is 29.8 Å². The third-order valence-corrected chi connectivity index (χ3v) is 5.56. The van der Waals surface area contributed by atoms with Crippen molar-refractivity contribution >= 4 is 28.7 Å². The molecular weight excluding hydrogens is 435 g/mol. The van der Waals surface area contributed by atoms with E-state index >= 15 is 0 Å². The number of hydrogen-bond acceptors (Lipinski definition) is 5. The van der Waals surface area contributed by atoms with Crippen LogP contribution in [0.1, 0.15) is 34.8 Å². The maximum Gasteiger partial charge on any atom is 0.293 e. The second-order valence-electron chi connectivity index (χ2n) is 8.11. The fourth-order valence-electron chi connectivity index (χ4n) is 3.63. The van der Waals surface area contributed by atoms with Gasteiger partial charge in [0.25, 0.3) is 11.6 Å². The van der Waals surface area contributed by atoms with E-state index in [2.05, 4.69) is 47.6 Å². The number of nitrogens with zero attached hydrogens (tertiary/aromatic N) is 2. The molecule has 1 amide bonds. The Morgan fingerprint density at radius 2 is 1.88 bits per heavy atom. The van der Waals surface area contributed by atoms with Crippen LogP contribution in [0.25, 0.3) is 0 Å². The SMILES string of the molecule is CCN(CCCNc1ccc(C(=O)Nc2ccc(C)c(F)c2)cc1[N+](=O)[O-])c1cccc(C)c1. The van der Waals surface area contributed by atoms with Crippen LogP contribution in [0.2, 0.25) is 0 Å². The summed E-state index contributed by atoms with van der Waals surface area (Å²) in [4.78, 5) is 25.9. The van der Waals surface area contributed by atoms with E-state index in [0.717, 1.165) is 25.2 Å². The van der Waals surface area contributed by atoms with Crippen molar-refractivity contribution in [2.24, 2.45) is 0 Å². The fourth-order valence-corrected chi connectivity index (χ4v) is 3.63. The monoisotopic (exact) mass is 464 g/mol. The lowest BCUT2D eigenvalue weighted by molar-refractivity contribution is -0.384. The summed E-state index contributed by atoms with van der Waals surface area (Å²) in [5.74, 6) is -0.984. The summed E-state index contributed by atoms with van der Waals surface area (Å²) < 4.78 is 13.7. The Balaban J connectivity index is 1.63. The first kappa shape index (κ1) is 24.7. The van der Waals surface area contributed by atoms with Gasteiger partial charge in [-0.15, -0.1) is 0 Å². The average molecular weight is 465 g/mol. The molecule has 0 aliphatic rings. The predicted molar refractivity (Wildman–Crippen MR) is 134 cm³/mol. The van der Waals surface area contributed by atoms with Gasteiger partial charge in [-0.05, 0) is 74.7 Å². The van der Waals surface area contributed by atoms with Gasteiger partial charge in [-0.1, -0.05) is 18.2 Å². The number of rotatable bonds is 10. The van der Waals surface area contributed by atoms with Crippen LogP contribution in [-0.2, 0) is 0 Å². The van der Waals surface area contributed by atoms with Gasteiger partial charge in [-0.25, -0.2) is 4.39 Å². The number of benzene rings is 3. The third kappa shape index (κ3) is 6.31. The molecule has 0 aromatic heterocycles. The van der Waals surface area contributed by atoms with E-state index in [0.29, 0.717) is 17.8 Å². The highest BCUT2D eigenvalue weighted by atomic mass is 19.1. The van der Waals surface area contributed by atoms with E-state index in [9.17, 15) is 19.3 Å². The molecule has 0 aliphatic carbocycles. The average Bonchev–Trinajstić information content (AvgIpc) is 2.81. The molecule has 0 aliphatic heterocycles. The highest BCUT2D eigenvalue weighted by Gasteiger charge is 2.18. The third-order valence-electron chi connectivity index (χ3n) is 5.56. The van der Waals surface area contributed by atoms with Crippen molar-refractivity contribution in [3.8, 4) is 0 Å². The molecule has 0 spiro atoms. The molecular formula is C26H29FN4O3. The number of nitro groups is 1. The van der Waals surface area contributed by atoms with Gasteiger partial charge in [0.15, 0.2) is 0 Å². The smallest absolute Gasteiger partial charge is 0.293 e. The summed E-state index contributed by atoms with van der Waals surface area (Å²) >= 11 is 0. The molecule has 0 radical (unpaired) electrons. The highest BCUT2D eigenvalue weighted by molar-refractivity contribution is 6.05. The lowest BCUT2D eigenvalue weighted by atomic mass is 10.1. The predicted octanol–water partition coefficient (Wildman–Crippen LogP) is 5.93. The standard InChI is InChI=1S/C26H29FN4O3/c1-4-30(22-8-5-7-18(2)15-22)14-6-13-28-24-12-10-20(16-25(24)31(33)34)26(32)29-21-11-9-19(3)23(27)17-21/h5,7-12,15-17,28H,4,6,13-14H2,1-3H3,(H,29,32). The lowest BCUT2D eigenvalue weighted by Gasteiger charge is -2.23. The van der Waals surface area contributed by atoms with E-state index < -0.39 is 16.6 Å². The van der Waals surface area contributed by atoms with Crippen molar-refractivity contribution in [3.05, 3.63) is 93.3 Å². The molecule has 178 valence electrons. The maximum atomic E-state index is 13.7. The first-order chi connectivity index (χ1) is 16.3. The van der Waals surface area contributed by atoms with E-state index in [-0.39, 0.29) is 16.9 Å². The van der Waals surface area contributed by atoms with Crippen LogP contribution < -0.4 is 15.5 Å². The summed E-state index contributed by atoms with van der Waals surface area (Å²) in [6.07, 6.45) is 0.778. The number of aryl methyl sites for hydroxylation is 2. The molecule has 0 fully saturated rings. The largest absolute Gasteiger partial charge is 0.379 e. The van der Waals surface area contributed by atoms with E-state index in [1.807, 2.05) is 6.07 Å². The fraction of sp³-hybridized carbons (Fsp3) is 0.269. The van der Waals surface area contributed by atoms with Crippen molar-refractivity contribution in [2.45, 2.75) is 27.2 Å². The molecule has 0 saturated heterocycles. The van der Waals surface area contributed by atoms with Crippen LogP contribution in [0.4, 0.5) is 27.1 Å². The minimum atomic E-state index is -0.547. The second-order valence-corrected chi connectivity index (χ2v) is 8.11. The van der Waals surface area contributed by atoms with Crippen LogP contribution >= 0.6 is 0 Å². The van der Waals surface area contributed by atoms with Crippen LogP contribution in [0.15, 0.2) is 60.7 Å². The topological polar surface area (TPSA) is 87.5 Å². The molecule has 3 aromatic carbocycles. The number of halogens is 1. The summed E-state index contributed by atoms with van der Waals surface area (Å²) in [5.41, 5.74) is 3.38. The molecule has 7 nitrogen and oxygen atoms in total. The molecule has 34 heavy (non-hydrogen) atoms. The summed E-state index contributed by atoms with van der Waals surface area (Å²) in [6.45, 7) is 7.97. The van der Waals surface area contributed by atoms with Crippen LogP contribution in [0.3, 0.4) is 0 Å². The second kappa shape index (κ2) is 11.3. The van der Waals surface area contributed by atoms with Crippen molar-refractivity contribution < 1.29 is 14.1 Å². The van der Waals surface area contributed by atoms with E-state index in [1.54, 1.807) is 19.1 Å². The first-order valence-corrected chi connectivity index (χ1v) is 11.2. The molecule has 3 aromatic rings. The van der Waals surface area contributed by atoms with Crippen LogP contribution in [0.5, 0.6) is 0 Å². The Morgan fingerprint density at radius 3 is 2.56 bits per heavy atom. The Morgan fingerprint density at radius 1 is 1.09 bits per heavy atom. The van der Waals surface area contributed by atoms with Crippen molar-refractivity contribution in [3.63, 3.8) is 0 Å². The lowest BCUT2D eigenvalue weighted by Crippen LogP contribution is -2.25. The maximum absolute atomic E-state index is 13.7. The first-order valence-electron chi connectivity index (χ1n) is 11.2. The number of hydrogen-bond donors (Lipinski definition) is 2. The van der Waals surface area contributed by atoms with Gasteiger partial charge in [0.1, 0.15) is 11.5 Å². The van der Waals surface area contributed by atoms with Crippen molar-refractivity contribution in [1.29, 1.82) is 0 Å². The van der Waals surface area contributed by atoms with Gasteiger partial charge < -0.3 is 15.5 Å². The number of carbonyl (C=O) groups excluding carboxylic acids is 1. The van der Waals surface area contributed by atoms with Gasteiger partial charge in [0.05, 0.1) is 4.92 Å². The Bertz CT molecular complexity index is 1180. The summed E-state index contributed by atoms with van der Waals surface area (Å²) in [7, 11) is 0. The zero-order chi connectivity index (χ0) is 24.7. The Hall–Kier alpha value is -3.94. The van der Waals surface area contributed by atoms with Gasteiger partial charge >= 0.3 is 0 Å². The minimum absolute atomic E-state index is 0.120. The number of carbonyl (C=O) groups is 1. The number of nitrogens with one attached hydrogen (secondary N) is 2. The normalized spacial score (nSPS) is 10.6. The van der Waals surface area contributed by atoms with Gasteiger partial charge in [0, 0.05) is 42.6 Å². The van der Waals surface area contributed by atoms with Gasteiger partial charge in [0.2, 0.25) is 0 Å². The molecule has 0 bridgehead atoms. The van der Waals surface area contributed by atoms with E-state index in [1.165, 1.54) is 29.8 Å². The molecule has 0 heterocycles. The van der Waals surface area contributed by atoms with Crippen molar-refractivity contribution in [1.82, 2.24) is 0 Å². The molecule has 0 unspecified atom stereocenters. The molecule has 2 N–H and O–H groups in total. The molecule has 8 heteroatoms. The zero-order valence-corrected chi connectivity index (χ0v) is 19.6. The minimum Gasteiger partial charge on any atom is -0.379 e. The number of nitro benzene ring substituents is 1. The highest BCUT2D eigenvalue weighted by Crippen LogP contribution is 2.26. The number of amides is 1. The van der Waals surface area contributed by atoms with E-state index in [4.69, 9.17) is 0 Å². The van der Waals surface area contributed by atoms with Crippen LogP contribution in [-0.4, -0.2) is 30.5 Å². The molecule has 3 rings (SSSR count). The number of anilines is 3. The summed E-state index contributed by atoms with van der Waals surface area (Å²) in [6, 6.07) is 16.9. The zero-order valence-electron chi connectivity index (χ0n) is 19.6. The van der Waals surface area contributed by atoms with Gasteiger partial charge in [-0.2, -0.15) is 0 Å². The van der Waals surface area contributed by atoms with Crippen molar-refractivity contribution in [2.75, 3.05) is 35.2 Å². The quantitative estimate of drug-likeness (QED) is 0.221. The molecule has 0 atom stereocenters.